The summed E-state index contributed by atoms with van der Waals surface area (Å²) in [5.41, 5.74) is 2.89. The largest absolute Gasteiger partial charge is 0.394 e. The van der Waals surface area contributed by atoms with Crippen LogP contribution < -0.4 is 0 Å². The highest BCUT2D eigenvalue weighted by molar-refractivity contribution is 7.18. The topological polar surface area (TPSA) is 148 Å². The molecule has 4 heterocycles. The van der Waals surface area contributed by atoms with Gasteiger partial charge in [-0.1, -0.05) is 17.3 Å². The molecule has 4 unspecified atom stereocenters. The van der Waals surface area contributed by atoms with E-state index in [-0.39, 0.29) is 12.8 Å². The number of nitrogens with zero attached hydrogens (tertiary/aromatic N) is 8. The molecule has 13 heteroatoms. The fourth-order valence-electron chi connectivity index (χ4n) is 4.87. The number of benzene rings is 2. The summed E-state index contributed by atoms with van der Waals surface area (Å²) >= 11 is 1.59. The molecule has 2 N–H and O–H groups in total. The van der Waals surface area contributed by atoms with Gasteiger partial charge in [0.1, 0.15) is 36.2 Å². The average molecular weight is 547 g/mol. The zero-order valence-electron chi connectivity index (χ0n) is 20.7. The van der Waals surface area contributed by atoms with Gasteiger partial charge < -0.3 is 14.9 Å². The van der Waals surface area contributed by atoms with Gasteiger partial charge in [-0.25, -0.2) is 23.7 Å². The van der Waals surface area contributed by atoms with Crippen molar-refractivity contribution in [1.82, 2.24) is 34.7 Å². The van der Waals surface area contributed by atoms with Crippen LogP contribution in [0.1, 0.15) is 35.0 Å². The second-order valence-electron chi connectivity index (χ2n) is 9.28. The Hall–Kier alpha value is -4.09. The van der Waals surface area contributed by atoms with Crippen LogP contribution in [0.2, 0.25) is 0 Å². The molecular weight excluding hydrogens is 523 g/mol. The van der Waals surface area contributed by atoms with E-state index in [0.29, 0.717) is 22.6 Å². The number of thiazole rings is 1. The molecule has 0 spiro atoms. The highest BCUT2D eigenvalue weighted by Crippen LogP contribution is 2.38. The number of aryl methyl sites for hydroxylation is 1. The van der Waals surface area contributed by atoms with Crippen molar-refractivity contribution < 1.29 is 19.3 Å². The number of fused-ring (bicyclic) bond motifs is 1. The molecule has 1 aliphatic rings. The van der Waals surface area contributed by atoms with E-state index in [0.717, 1.165) is 20.9 Å². The van der Waals surface area contributed by atoms with Crippen LogP contribution in [0.15, 0.2) is 48.9 Å². The maximum Gasteiger partial charge on any atom is 0.161 e. The van der Waals surface area contributed by atoms with Crippen LogP contribution in [-0.4, -0.2) is 63.8 Å². The second kappa shape index (κ2) is 10.2. The van der Waals surface area contributed by atoms with Gasteiger partial charge in [0.05, 0.1) is 52.2 Å². The number of aliphatic hydroxyl groups is 2. The van der Waals surface area contributed by atoms with Crippen LogP contribution in [0.4, 0.5) is 4.39 Å². The molecule has 0 bridgehead atoms. The maximum absolute atomic E-state index is 14.4. The van der Waals surface area contributed by atoms with Crippen molar-refractivity contribution in [3.8, 4) is 23.0 Å². The fourth-order valence-corrected chi connectivity index (χ4v) is 5.73. The minimum Gasteiger partial charge on any atom is -0.394 e. The maximum atomic E-state index is 14.4. The number of hydrogen-bond donors (Lipinski definition) is 2. The first-order valence-electron chi connectivity index (χ1n) is 12.2. The lowest BCUT2D eigenvalue weighted by atomic mass is 9.95. The van der Waals surface area contributed by atoms with Crippen LogP contribution in [-0.2, 0) is 11.2 Å². The van der Waals surface area contributed by atoms with Crippen molar-refractivity contribution in [3.05, 3.63) is 71.1 Å². The fraction of sp³-hybridized carbons (Fsp3) is 0.308. The van der Waals surface area contributed by atoms with E-state index in [4.69, 9.17) is 10.00 Å². The number of aliphatic hydroxyl groups excluding tert-OH is 2. The van der Waals surface area contributed by atoms with Crippen LogP contribution in [0.25, 0.3) is 27.2 Å². The van der Waals surface area contributed by atoms with E-state index in [2.05, 4.69) is 25.4 Å². The molecule has 0 amide bonds. The van der Waals surface area contributed by atoms with Crippen molar-refractivity contribution in [2.24, 2.45) is 0 Å². The van der Waals surface area contributed by atoms with Crippen LogP contribution in [0.5, 0.6) is 0 Å². The molecule has 0 aliphatic carbocycles. The van der Waals surface area contributed by atoms with E-state index in [1.807, 2.05) is 31.2 Å². The molecule has 1 saturated heterocycles. The first kappa shape index (κ1) is 25.2. The van der Waals surface area contributed by atoms with Gasteiger partial charge in [0.25, 0.3) is 0 Å². The van der Waals surface area contributed by atoms with Gasteiger partial charge in [0, 0.05) is 17.5 Å². The van der Waals surface area contributed by atoms with Crippen LogP contribution >= 0.6 is 11.3 Å². The Kier molecular flexibility index (Phi) is 6.61. The van der Waals surface area contributed by atoms with Gasteiger partial charge in [-0.15, -0.1) is 16.4 Å². The Bertz CT molecular complexity index is 1690. The second-order valence-corrected chi connectivity index (χ2v) is 10.5. The average Bonchev–Trinajstić information content (AvgIpc) is 3.69. The molecule has 2 aromatic carbocycles. The van der Waals surface area contributed by atoms with Crippen molar-refractivity contribution in [1.29, 1.82) is 5.26 Å². The molecule has 39 heavy (non-hydrogen) atoms. The summed E-state index contributed by atoms with van der Waals surface area (Å²) in [6.07, 6.45) is 0.702. The number of ether oxygens (including phenoxy) is 1. The summed E-state index contributed by atoms with van der Waals surface area (Å²) < 4.78 is 24.7. The number of halogens is 1. The zero-order chi connectivity index (χ0) is 27.1. The standard InChI is InChI=1S/C26H23FN8O3S/c1-14-31-19-5-4-17(9-24(19)39-14)35-26(29-13-30-35)22-10-21(25(37)23(12-36)38-22)34-11-20(32-33-34)16-3-2-15(6-7-28)18(27)8-16/h2-5,8-9,11,13,21-23,25,36-37H,6,10,12H2,1H3. The monoisotopic (exact) mass is 546 g/mol. The summed E-state index contributed by atoms with van der Waals surface area (Å²) in [5, 5.41) is 43.6. The number of aromatic nitrogens is 7. The molecule has 6 rings (SSSR count). The lowest BCUT2D eigenvalue weighted by Crippen LogP contribution is -2.45. The molecule has 3 aromatic heterocycles. The smallest absolute Gasteiger partial charge is 0.161 e. The lowest BCUT2D eigenvalue weighted by Gasteiger charge is -2.38. The first-order valence-corrected chi connectivity index (χ1v) is 13.1. The van der Waals surface area contributed by atoms with E-state index in [1.165, 1.54) is 17.1 Å². The molecule has 5 aromatic rings. The Morgan fingerprint density at radius 2 is 2.13 bits per heavy atom. The SMILES string of the molecule is Cc1nc2ccc(-n3ncnc3C3CC(n4cc(-c5ccc(CC#N)c(F)c5)nn4)C(O)C(CO)O3)cc2s1. The normalized spacial score (nSPS) is 21.3. The Balaban J connectivity index is 1.30. The minimum atomic E-state index is -1.08. The lowest BCUT2D eigenvalue weighted by molar-refractivity contribution is -0.161. The predicted octanol–water partition coefficient (Wildman–Crippen LogP) is 3.07. The molecule has 1 aliphatic heterocycles. The van der Waals surface area contributed by atoms with Crippen LogP contribution in [0, 0.1) is 24.1 Å². The third-order valence-electron chi connectivity index (χ3n) is 6.80. The number of nitriles is 1. The van der Waals surface area contributed by atoms with E-state index in [9.17, 15) is 14.6 Å². The van der Waals surface area contributed by atoms with Crippen molar-refractivity contribution in [2.75, 3.05) is 6.61 Å². The van der Waals surface area contributed by atoms with Crippen molar-refractivity contribution in [3.63, 3.8) is 0 Å². The van der Waals surface area contributed by atoms with Gasteiger partial charge >= 0.3 is 0 Å². The number of hydrogen-bond acceptors (Lipinski definition) is 10. The Morgan fingerprint density at radius 1 is 1.26 bits per heavy atom. The molecule has 4 atom stereocenters. The zero-order valence-corrected chi connectivity index (χ0v) is 21.5. The van der Waals surface area contributed by atoms with Gasteiger partial charge in [0.15, 0.2) is 5.82 Å². The Morgan fingerprint density at radius 3 is 2.92 bits per heavy atom. The third kappa shape index (κ3) is 4.68. The summed E-state index contributed by atoms with van der Waals surface area (Å²) in [5.74, 6) is 0.0163. The molecule has 198 valence electrons. The van der Waals surface area contributed by atoms with E-state index >= 15 is 0 Å². The van der Waals surface area contributed by atoms with Gasteiger partial charge in [-0.2, -0.15) is 10.4 Å². The summed E-state index contributed by atoms with van der Waals surface area (Å²) in [7, 11) is 0. The highest BCUT2D eigenvalue weighted by Gasteiger charge is 2.41. The van der Waals surface area contributed by atoms with Crippen LogP contribution in [0.3, 0.4) is 0 Å². The van der Waals surface area contributed by atoms with E-state index in [1.54, 1.807) is 34.3 Å². The molecule has 0 saturated carbocycles. The van der Waals surface area contributed by atoms with Gasteiger partial charge in [-0.3, -0.25) is 0 Å². The third-order valence-corrected chi connectivity index (χ3v) is 7.74. The predicted molar refractivity (Wildman–Crippen MR) is 138 cm³/mol. The van der Waals surface area contributed by atoms with E-state index < -0.39 is 36.8 Å². The summed E-state index contributed by atoms with van der Waals surface area (Å²) in [6.45, 7) is 1.54. The molecular formula is C26H23FN8O3S. The van der Waals surface area contributed by atoms with Gasteiger partial charge in [-0.05, 0) is 31.2 Å². The first-order chi connectivity index (χ1) is 18.9. The summed E-state index contributed by atoms with van der Waals surface area (Å²) in [6, 6.07) is 11.7. The molecule has 1 fully saturated rings. The Labute approximate surface area is 225 Å². The quantitative estimate of drug-likeness (QED) is 0.328. The number of rotatable bonds is 6. The highest BCUT2D eigenvalue weighted by atomic mass is 32.1. The summed E-state index contributed by atoms with van der Waals surface area (Å²) in [4.78, 5) is 8.96. The van der Waals surface area contributed by atoms with Crippen molar-refractivity contribution in [2.45, 2.75) is 44.1 Å². The molecule has 11 nitrogen and oxygen atoms in total. The van der Waals surface area contributed by atoms with Gasteiger partial charge in [0.2, 0.25) is 0 Å². The van der Waals surface area contributed by atoms with Crippen molar-refractivity contribution >= 4 is 21.6 Å². The minimum absolute atomic E-state index is 0.0284. The molecule has 0 radical (unpaired) electrons.